The van der Waals surface area contributed by atoms with Crippen molar-refractivity contribution in [2.75, 3.05) is 51.8 Å². The number of carbonyl (C=O) groups excluding carboxylic acids is 1. The van der Waals surface area contributed by atoms with E-state index in [9.17, 15) is 4.79 Å². The highest BCUT2D eigenvalue weighted by molar-refractivity contribution is 6.06. The molecule has 1 amide bonds. The van der Waals surface area contributed by atoms with Crippen LogP contribution >= 0.6 is 0 Å². The summed E-state index contributed by atoms with van der Waals surface area (Å²) in [7, 11) is 3.83. The predicted octanol–water partition coefficient (Wildman–Crippen LogP) is 1.39. The maximum Gasteiger partial charge on any atom is 0.252 e. The van der Waals surface area contributed by atoms with Crippen molar-refractivity contribution < 1.29 is 14.6 Å². The van der Waals surface area contributed by atoms with Gasteiger partial charge >= 0.3 is 0 Å². The van der Waals surface area contributed by atoms with Crippen LogP contribution in [0.2, 0.25) is 0 Å². The summed E-state index contributed by atoms with van der Waals surface area (Å²) in [5.41, 5.74) is 3.04. The Labute approximate surface area is 187 Å². The molecule has 4 rings (SSSR count). The molecular weight excluding hydrogens is 408 g/mol. The Morgan fingerprint density at radius 2 is 2.06 bits per heavy atom. The molecule has 9 nitrogen and oxygen atoms in total. The number of nitrogens with one attached hydrogen (secondary N) is 1. The van der Waals surface area contributed by atoms with E-state index in [4.69, 9.17) is 14.8 Å². The summed E-state index contributed by atoms with van der Waals surface area (Å²) in [4.78, 5) is 30.4. The first-order chi connectivity index (χ1) is 15.5. The molecule has 3 heterocycles. The Hall–Kier alpha value is -3.14. The van der Waals surface area contributed by atoms with Crippen LogP contribution in [0.15, 0.2) is 42.7 Å². The number of carbonyl (C=O) groups is 1. The second kappa shape index (κ2) is 9.99. The number of aromatic nitrogens is 3. The Balaban J connectivity index is 1.54. The molecule has 2 aromatic heterocycles. The lowest BCUT2D eigenvalue weighted by Gasteiger charge is -2.32. The van der Waals surface area contributed by atoms with Crippen LogP contribution in [0.3, 0.4) is 0 Å². The molecule has 1 fully saturated rings. The van der Waals surface area contributed by atoms with Gasteiger partial charge in [-0.15, -0.1) is 0 Å². The number of morpholine rings is 1. The lowest BCUT2D eigenvalue weighted by Crippen LogP contribution is -2.38. The van der Waals surface area contributed by atoms with Crippen molar-refractivity contribution in [1.82, 2.24) is 25.2 Å². The van der Waals surface area contributed by atoms with E-state index in [1.807, 2.05) is 55.7 Å². The lowest BCUT2D eigenvalue weighted by atomic mass is 10.0. The number of hydrogen-bond acceptors (Lipinski definition) is 8. The van der Waals surface area contributed by atoms with Gasteiger partial charge in [0, 0.05) is 63.6 Å². The van der Waals surface area contributed by atoms with E-state index >= 15 is 0 Å². The van der Waals surface area contributed by atoms with E-state index < -0.39 is 0 Å². The molecule has 1 aliphatic rings. The van der Waals surface area contributed by atoms with Gasteiger partial charge < -0.3 is 20.1 Å². The minimum absolute atomic E-state index is 0.110. The number of pyridine rings is 1. The van der Waals surface area contributed by atoms with Crippen LogP contribution in [0.1, 0.15) is 27.7 Å². The zero-order valence-electron chi connectivity index (χ0n) is 18.4. The van der Waals surface area contributed by atoms with E-state index in [0.717, 1.165) is 28.7 Å². The molecule has 0 radical (unpaired) electrons. The summed E-state index contributed by atoms with van der Waals surface area (Å²) < 4.78 is 6.03. The van der Waals surface area contributed by atoms with Gasteiger partial charge in [0.2, 0.25) is 5.95 Å². The number of aliphatic hydroxyl groups excluding tert-OH is 1. The zero-order chi connectivity index (χ0) is 22.5. The third kappa shape index (κ3) is 5.01. The van der Waals surface area contributed by atoms with Crippen molar-refractivity contribution in [2.45, 2.75) is 12.6 Å². The number of hydrogen-bond donors (Lipinski definition) is 2. The molecule has 1 aliphatic heterocycles. The maximum absolute atomic E-state index is 12.7. The number of aliphatic hydroxyl groups is 1. The van der Waals surface area contributed by atoms with Crippen molar-refractivity contribution in [3.8, 4) is 0 Å². The molecule has 0 bridgehead atoms. The van der Waals surface area contributed by atoms with E-state index in [1.165, 1.54) is 0 Å². The summed E-state index contributed by atoms with van der Waals surface area (Å²) in [6.07, 6.45) is 3.45. The fraction of sp³-hybridized carbons (Fsp3) is 0.391. The minimum atomic E-state index is -0.250. The number of ether oxygens (including phenoxy) is 1. The molecule has 2 N–H and O–H groups in total. The van der Waals surface area contributed by atoms with Crippen LogP contribution in [0.4, 0.5) is 5.95 Å². The molecule has 0 spiro atoms. The molecule has 3 aromatic rings. The summed E-state index contributed by atoms with van der Waals surface area (Å²) in [6, 6.07) is 9.37. The van der Waals surface area contributed by atoms with E-state index in [1.54, 1.807) is 6.07 Å². The van der Waals surface area contributed by atoms with Gasteiger partial charge in [0.15, 0.2) is 0 Å². The van der Waals surface area contributed by atoms with Crippen molar-refractivity contribution in [3.63, 3.8) is 0 Å². The topological polar surface area (TPSA) is 104 Å². The highest BCUT2D eigenvalue weighted by Gasteiger charge is 2.25. The molecule has 1 aromatic carbocycles. The number of benzene rings is 1. The van der Waals surface area contributed by atoms with E-state index in [0.29, 0.717) is 31.2 Å². The summed E-state index contributed by atoms with van der Waals surface area (Å²) >= 11 is 0. The van der Waals surface area contributed by atoms with E-state index in [2.05, 4.69) is 20.2 Å². The first-order valence-electron chi connectivity index (χ1n) is 10.7. The monoisotopic (exact) mass is 436 g/mol. The molecule has 0 saturated carbocycles. The number of fused-ring (bicyclic) bond motifs is 1. The van der Waals surface area contributed by atoms with Crippen molar-refractivity contribution in [1.29, 1.82) is 0 Å². The minimum Gasteiger partial charge on any atom is -0.395 e. The van der Waals surface area contributed by atoms with Gasteiger partial charge in [0.05, 0.1) is 30.0 Å². The second-order valence-electron chi connectivity index (χ2n) is 7.97. The fourth-order valence-electron chi connectivity index (χ4n) is 3.76. The molecule has 1 saturated heterocycles. The van der Waals surface area contributed by atoms with Crippen LogP contribution in [0.5, 0.6) is 0 Å². The lowest BCUT2D eigenvalue weighted by molar-refractivity contribution is -0.0349. The van der Waals surface area contributed by atoms with Crippen molar-refractivity contribution in [3.05, 3.63) is 59.5 Å². The Morgan fingerprint density at radius 1 is 1.28 bits per heavy atom. The van der Waals surface area contributed by atoms with Gasteiger partial charge in [0.1, 0.15) is 6.10 Å². The van der Waals surface area contributed by atoms with Gasteiger partial charge in [-0.1, -0.05) is 18.2 Å². The summed E-state index contributed by atoms with van der Waals surface area (Å²) in [5, 5.41) is 12.6. The summed E-state index contributed by atoms with van der Waals surface area (Å²) in [5.74, 6) is 0.450. The highest BCUT2D eigenvalue weighted by atomic mass is 16.5. The molecule has 168 valence electrons. The SMILES string of the molecule is CN(C)c1ncc(CN2CCO[C@@H](c3cc(C(=O)NCCO)c4ccccc4n3)C2)cn1. The highest BCUT2D eigenvalue weighted by Crippen LogP contribution is 2.26. The Kier molecular flexibility index (Phi) is 6.89. The molecule has 1 atom stereocenters. The first-order valence-corrected chi connectivity index (χ1v) is 10.7. The fourth-order valence-corrected chi connectivity index (χ4v) is 3.76. The van der Waals surface area contributed by atoms with Crippen molar-refractivity contribution in [2.24, 2.45) is 0 Å². The van der Waals surface area contributed by atoms with Gasteiger partial charge in [0.25, 0.3) is 5.91 Å². The number of nitrogens with zero attached hydrogens (tertiary/aromatic N) is 5. The normalized spacial score (nSPS) is 16.8. The third-order valence-corrected chi connectivity index (χ3v) is 5.36. The maximum atomic E-state index is 12.7. The Bertz CT molecular complexity index is 1070. The average molecular weight is 437 g/mol. The first kappa shape index (κ1) is 22.1. The second-order valence-corrected chi connectivity index (χ2v) is 7.97. The number of para-hydroxylation sites is 1. The smallest absolute Gasteiger partial charge is 0.252 e. The largest absolute Gasteiger partial charge is 0.395 e. The van der Waals surface area contributed by atoms with Gasteiger partial charge in [-0.2, -0.15) is 0 Å². The molecule has 0 unspecified atom stereocenters. The van der Waals surface area contributed by atoms with Crippen LogP contribution in [0.25, 0.3) is 10.9 Å². The Morgan fingerprint density at radius 3 is 2.81 bits per heavy atom. The van der Waals surface area contributed by atoms with Gasteiger partial charge in [-0.05, 0) is 12.1 Å². The molecule has 0 aliphatic carbocycles. The van der Waals surface area contributed by atoms with Crippen molar-refractivity contribution >= 4 is 22.8 Å². The number of rotatable bonds is 7. The van der Waals surface area contributed by atoms with E-state index in [-0.39, 0.29) is 25.2 Å². The zero-order valence-corrected chi connectivity index (χ0v) is 18.4. The standard InChI is InChI=1S/C23H28N6O3/c1-28(2)23-25-12-16(13-26-23)14-29-8-10-32-21(15-29)20-11-18(22(31)24-7-9-30)17-5-3-4-6-19(17)27-20/h3-6,11-13,21,30H,7-10,14-15H2,1-2H3,(H,24,31)/t21-/m1/s1. The van der Waals surface area contributed by atoms with Crippen LogP contribution < -0.4 is 10.2 Å². The number of anilines is 1. The molecule has 32 heavy (non-hydrogen) atoms. The quantitative estimate of drug-likeness (QED) is 0.573. The molecule has 9 heteroatoms. The van der Waals surface area contributed by atoms with Gasteiger partial charge in [-0.25, -0.2) is 15.0 Å². The number of amides is 1. The van der Waals surface area contributed by atoms with Gasteiger partial charge in [-0.3, -0.25) is 9.69 Å². The average Bonchev–Trinajstić information content (AvgIpc) is 2.82. The van der Waals surface area contributed by atoms with Crippen LogP contribution in [-0.2, 0) is 11.3 Å². The third-order valence-electron chi connectivity index (χ3n) is 5.36. The van der Waals surface area contributed by atoms with Crippen LogP contribution in [-0.4, -0.2) is 77.8 Å². The summed E-state index contributed by atoms with van der Waals surface area (Å²) in [6.45, 7) is 2.82. The van der Waals surface area contributed by atoms with Crippen LogP contribution in [0, 0.1) is 0 Å². The molecular formula is C23H28N6O3. The predicted molar refractivity (Wildman–Crippen MR) is 121 cm³/mol.